The van der Waals surface area contributed by atoms with Crippen LogP contribution in [0.1, 0.15) is 51.9 Å². The number of hydrogen-bond donors (Lipinski definition) is 5. The number of allylic oxidation sites excluding steroid dienone is 1. The molecule has 0 aliphatic carbocycles. The Balaban J connectivity index is 2.12. The van der Waals surface area contributed by atoms with Gasteiger partial charge in [-0.05, 0) is 18.9 Å². The monoisotopic (exact) mass is 392 g/mol. The molecule has 6 atom stereocenters. The van der Waals surface area contributed by atoms with Crippen molar-refractivity contribution in [2.24, 2.45) is 0 Å². The minimum atomic E-state index is -1.50. The SMILES string of the molecule is CCCCCCCCC=COCC(O)CO[C@@H]1O[C@H](CO)[C@H](O)[C@H](O)[C@H]1O. The van der Waals surface area contributed by atoms with Gasteiger partial charge in [0.05, 0.1) is 19.5 Å². The summed E-state index contributed by atoms with van der Waals surface area (Å²) < 4.78 is 15.7. The molecule has 1 aliphatic heterocycles. The Morgan fingerprint density at radius 2 is 1.67 bits per heavy atom. The summed E-state index contributed by atoms with van der Waals surface area (Å²) in [6.07, 6.45) is 4.18. The fraction of sp³-hybridized carbons (Fsp3) is 0.895. The average Bonchev–Trinajstić information content (AvgIpc) is 2.67. The molecule has 0 radical (unpaired) electrons. The molecule has 8 nitrogen and oxygen atoms in total. The fourth-order valence-electron chi connectivity index (χ4n) is 2.80. The molecule has 5 N–H and O–H groups in total. The second-order valence-electron chi connectivity index (χ2n) is 6.95. The van der Waals surface area contributed by atoms with E-state index in [1.807, 2.05) is 6.08 Å². The van der Waals surface area contributed by atoms with Crippen LogP contribution < -0.4 is 0 Å². The van der Waals surface area contributed by atoms with E-state index in [-0.39, 0.29) is 13.2 Å². The molecule has 8 heteroatoms. The standard InChI is InChI=1S/C19H36O8/c1-2-3-4-5-6-7-8-9-10-25-12-14(21)13-26-19-18(24)17(23)16(22)15(11-20)27-19/h9-10,14-24H,2-8,11-13H2,1H3/t14?,15-,16+,17+,18-,19-/m1/s1. The molecule has 1 fully saturated rings. The highest BCUT2D eigenvalue weighted by Crippen LogP contribution is 2.22. The van der Waals surface area contributed by atoms with E-state index in [1.54, 1.807) is 6.26 Å². The Morgan fingerprint density at radius 3 is 2.37 bits per heavy atom. The fourth-order valence-corrected chi connectivity index (χ4v) is 2.80. The summed E-state index contributed by atoms with van der Waals surface area (Å²) in [5.74, 6) is 0. The van der Waals surface area contributed by atoms with Gasteiger partial charge in [0.1, 0.15) is 37.1 Å². The Kier molecular flexibility index (Phi) is 12.9. The molecule has 1 unspecified atom stereocenters. The summed E-state index contributed by atoms with van der Waals surface area (Å²) in [7, 11) is 0. The van der Waals surface area contributed by atoms with E-state index in [1.165, 1.54) is 32.1 Å². The van der Waals surface area contributed by atoms with Gasteiger partial charge in [0.25, 0.3) is 0 Å². The molecular formula is C19H36O8. The van der Waals surface area contributed by atoms with Gasteiger partial charge in [-0.2, -0.15) is 0 Å². The summed E-state index contributed by atoms with van der Waals surface area (Å²) in [6.45, 7) is 1.50. The van der Waals surface area contributed by atoms with Gasteiger partial charge in [0.15, 0.2) is 6.29 Å². The molecule has 0 aromatic heterocycles. The summed E-state index contributed by atoms with van der Waals surface area (Å²) in [5.41, 5.74) is 0. The first-order chi connectivity index (χ1) is 13.0. The van der Waals surface area contributed by atoms with Crippen molar-refractivity contribution in [3.8, 4) is 0 Å². The maximum absolute atomic E-state index is 9.85. The zero-order valence-corrected chi connectivity index (χ0v) is 16.2. The quantitative estimate of drug-likeness (QED) is 0.213. The first-order valence-electron chi connectivity index (χ1n) is 9.88. The number of unbranched alkanes of at least 4 members (excludes halogenated alkanes) is 6. The van der Waals surface area contributed by atoms with Gasteiger partial charge in [0, 0.05) is 0 Å². The van der Waals surface area contributed by atoms with E-state index in [2.05, 4.69) is 6.92 Å². The van der Waals surface area contributed by atoms with E-state index in [0.29, 0.717) is 0 Å². The van der Waals surface area contributed by atoms with Crippen molar-refractivity contribution >= 4 is 0 Å². The van der Waals surface area contributed by atoms with E-state index in [9.17, 15) is 20.4 Å². The molecule has 160 valence electrons. The van der Waals surface area contributed by atoms with Crippen LogP contribution in [0.15, 0.2) is 12.3 Å². The summed E-state index contributed by atoms with van der Waals surface area (Å²) >= 11 is 0. The maximum atomic E-state index is 9.85. The first kappa shape index (κ1) is 24.3. The summed E-state index contributed by atoms with van der Waals surface area (Å²) in [4.78, 5) is 0. The molecule has 0 aromatic rings. The highest BCUT2D eigenvalue weighted by molar-refractivity contribution is 4.89. The molecule has 0 amide bonds. The molecule has 1 aliphatic rings. The third-order valence-corrected chi connectivity index (χ3v) is 4.51. The van der Waals surface area contributed by atoms with Crippen LogP contribution in [-0.2, 0) is 14.2 Å². The van der Waals surface area contributed by atoms with E-state index >= 15 is 0 Å². The second kappa shape index (κ2) is 14.3. The Hall–Kier alpha value is -0.740. The highest BCUT2D eigenvalue weighted by atomic mass is 16.7. The van der Waals surface area contributed by atoms with Gasteiger partial charge < -0.3 is 39.7 Å². The largest absolute Gasteiger partial charge is 0.499 e. The predicted molar refractivity (Wildman–Crippen MR) is 98.8 cm³/mol. The zero-order chi connectivity index (χ0) is 20.1. The third kappa shape index (κ3) is 9.34. The van der Waals surface area contributed by atoms with Crippen LogP contribution in [-0.4, -0.2) is 82.2 Å². The maximum Gasteiger partial charge on any atom is 0.186 e. The lowest BCUT2D eigenvalue weighted by Gasteiger charge is -2.39. The molecule has 27 heavy (non-hydrogen) atoms. The molecule has 0 saturated carbocycles. The van der Waals surface area contributed by atoms with Gasteiger partial charge in [0.2, 0.25) is 0 Å². The van der Waals surface area contributed by atoms with E-state index < -0.39 is 43.4 Å². The van der Waals surface area contributed by atoms with Gasteiger partial charge in [-0.1, -0.05) is 39.0 Å². The van der Waals surface area contributed by atoms with Crippen LogP contribution >= 0.6 is 0 Å². The average molecular weight is 392 g/mol. The highest BCUT2D eigenvalue weighted by Gasteiger charge is 2.44. The van der Waals surface area contributed by atoms with Crippen molar-refractivity contribution in [2.75, 3.05) is 19.8 Å². The van der Waals surface area contributed by atoms with E-state index in [0.717, 1.165) is 12.8 Å². The lowest BCUT2D eigenvalue weighted by molar-refractivity contribution is -0.304. The van der Waals surface area contributed by atoms with Crippen molar-refractivity contribution in [1.82, 2.24) is 0 Å². The zero-order valence-electron chi connectivity index (χ0n) is 16.2. The number of aliphatic hydroxyl groups is 5. The van der Waals surface area contributed by atoms with Crippen molar-refractivity contribution < 1.29 is 39.7 Å². The predicted octanol–water partition coefficient (Wildman–Crippen LogP) is 0.445. The van der Waals surface area contributed by atoms with Crippen LogP contribution in [0.2, 0.25) is 0 Å². The Bertz CT molecular complexity index is 390. The normalized spacial score (nSPS) is 29.9. The van der Waals surface area contributed by atoms with Gasteiger partial charge >= 0.3 is 0 Å². The number of hydrogen-bond acceptors (Lipinski definition) is 8. The van der Waals surface area contributed by atoms with Crippen molar-refractivity contribution in [2.45, 2.75) is 88.7 Å². The van der Waals surface area contributed by atoms with Crippen LogP contribution in [0, 0.1) is 0 Å². The molecular weight excluding hydrogens is 356 g/mol. The third-order valence-electron chi connectivity index (χ3n) is 4.51. The lowest BCUT2D eigenvalue weighted by atomic mass is 9.99. The Morgan fingerprint density at radius 1 is 0.963 bits per heavy atom. The molecule has 1 heterocycles. The lowest BCUT2D eigenvalue weighted by Crippen LogP contribution is -2.59. The molecule has 0 aromatic carbocycles. The number of rotatable bonds is 14. The second-order valence-corrected chi connectivity index (χ2v) is 6.95. The topological polar surface area (TPSA) is 129 Å². The smallest absolute Gasteiger partial charge is 0.186 e. The van der Waals surface area contributed by atoms with Crippen molar-refractivity contribution in [3.63, 3.8) is 0 Å². The van der Waals surface area contributed by atoms with Gasteiger partial charge in [-0.3, -0.25) is 0 Å². The van der Waals surface area contributed by atoms with E-state index in [4.69, 9.17) is 19.3 Å². The minimum absolute atomic E-state index is 0.0183. The van der Waals surface area contributed by atoms with Crippen LogP contribution in [0.25, 0.3) is 0 Å². The van der Waals surface area contributed by atoms with Crippen LogP contribution in [0.3, 0.4) is 0 Å². The minimum Gasteiger partial charge on any atom is -0.499 e. The molecule has 0 spiro atoms. The van der Waals surface area contributed by atoms with Crippen LogP contribution in [0.4, 0.5) is 0 Å². The summed E-state index contributed by atoms with van der Waals surface area (Å²) in [5, 5.41) is 48.1. The van der Waals surface area contributed by atoms with Crippen molar-refractivity contribution in [3.05, 3.63) is 12.3 Å². The van der Waals surface area contributed by atoms with Crippen LogP contribution in [0.5, 0.6) is 0 Å². The summed E-state index contributed by atoms with van der Waals surface area (Å²) in [6, 6.07) is 0. The van der Waals surface area contributed by atoms with Crippen molar-refractivity contribution in [1.29, 1.82) is 0 Å². The molecule has 0 bridgehead atoms. The first-order valence-corrected chi connectivity index (χ1v) is 9.88. The van der Waals surface area contributed by atoms with Gasteiger partial charge in [-0.25, -0.2) is 0 Å². The Labute approximate surface area is 161 Å². The molecule has 1 saturated heterocycles. The number of aliphatic hydroxyl groups excluding tert-OH is 5. The van der Waals surface area contributed by atoms with Gasteiger partial charge in [-0.15, -0.1) is 0 Å². The number of ether oxygens (including phenoxy) is 3. The molecule has 1 rings (SSSR count).